The molecular weight excluding hydrogens is 459 g/mol. The molecule has 0 unspecified atom stereocenters. The fourth-order valence-corrected chi connectivity index (χ4v) is 5.38. The number of aromatic nitrogens is 3. The molecule has 1 fully saturated rings. The van der Waals surface area contributed by atoms with Crippen molar-refractivity contribution in [3.8, 4) is 5.75 Å². The summed E-state index contributed by atoms with van der Waals surface area (Å²) in [7, 11) is 1.83. The Morgan fingerprint density at radius 1 is 1.26 bits per heavy atom. The molecule has 1 aliphatic rings. The van der Waals surface area contributed by atoms with E-state index < -0.39 is 0 Å². The van der Waals surface area contributed by atoms with Crippen LogP contribution in [0.1, 0.15) is 16.8 Å². The molecule has 0 aliphatic carbocycles. The molecule has 1 atom stereocenters. The zero-order valence-electron chi connectivity index (χ0n) is 16.7. The van der Waals surface area contributed by atoms with Gasteiger partial charge in [-0.1, -0.05) is 41.6 Å². The van der Waals surface area contributed by atoms with E-state index in [2.05, 4.69) is 10.2 Å². The number of hydrogen-bond donors (Lipinski definition) is 0. The second kappa shape index (κ2) is 9.93. The van der Waals surface area contributed by atoms with Gasteiger partial charge in [0.1, 0.15) is 23.5 Å². The number of ether oxygens (including phenoxy) is 1. The fraction of sp³-hybridized carbons (Fsp3) is 0.286. The molecule has 0 radical (unpaired) electrons. The molecule has 0 N–H and O–H groups in total. The van der Waals surface area contributed by atoms with E-state index in [0.717, 1.165) is 5.75 Å². The number of thioether (sulfide) groups is 2. The molecule has 1 amide bonds. The lowest BCUT2D eigenvalue weighted by Crippen LogP contribution is -2.32. The molecule has 2 heterocycles. The molecule has 162 valence electrons. The van der Waals surface area contributed by atoms with Crippen LogP contribution in [0.15, 0.2) is 53.7 Å². The molecule has 3 aromatic rings. The quantitative estimate of drug-likeness (QED) is 0.464. The number of rotatable bonds is 7. The molecular formula is C21H20ClFN4O2S2. The van der Waals surface area contributed by atoms with E-state index in [0.29, 0.717) is 33.9 Å². The van der Waals surface area contributed by atoms with Gasteiger partial charge in [0.25, 0.3) is 0 Å². The van der Waals surface area contributed by atoms with Gasteiger partial charge in [-0.2, -0.15) is 0 Å². The van der Waals surface area contributed by atoms with Gasteiger partial charge in [-0.25, -0.2) is 4.39 Å². The molecule has 4 rings (SSSR count). The van der Waals surface area contributed by atoms with Crippen LogP contribution in [0, 0.1) is 5.82 Å². The molecule has 10 heteroatoms. The summed E-state index contributed by atoms with van der Waals surface area (Å²) >= 11 is 8.77. The summed E-state index contributed by atoms with van der Waals surface area (Å²) in [5, 5.41) is 9.30. The summed E-state index contributed by atoms with van der Waals surface area (Å²) in [4.78, 5) is 14.6. The Bertz CT molecular complexity index is 1060. The largest absolute Gasteiger partial charge is 0.486 e. The minimum atomic E-state index is -0.294. The molecule has 0 bridgehead atoms. The van der Waals surface area contributed by atoms with Gasteiger partial charge in [0.05, 0.1) is 5.75 Å². The zero-order chi connectivity index (χ0) is 21.8. The van der Waals surface area contributed by atoms with E-state index in [1.165, 1.54) is 17.8 Å². The smallest absolute Gasteiger partial charge is 0.234 e. The SMILES string of the molecule is Cn1c(COc2ccc(Cl)cc2)nnc1SCC(=O)N1CCS[C@H]1c1ccccc1F. The average Bonchev–Trinajstić information content (AvgIpc) is 3.39. The Labute approximate surface area is 193 Å². The summed E-state index contributed by atoms with van der Waals surface area (Å²) in [6, 6.07) is 13.7. The normalized spacial score (nSPS) is 16.0. The molecule has 2 aromatic carbocycles. The summed E-state index contributed by atoms with van der Waals surface area (Å²) in [5.74, 6) is 1.98. The van der Waals surface area contributed by atoms with Crippen LogP contribution in [0.3, 0.4) is 0 Å². The van der Waals surface area contributed by atoms with Crippen LogP contribution in [0.4, 0.5) is 4.39 Å². The third kappa shape index (κ3) is 5.16. The Kier molecular flexibility index (Phi) is 7.04. The Morgan fingerprint density at radius 3 is 2.81 bits per heavy atom. The van der Waals surface area contributed by atoms with Gasteiger partial charge in [-0.05, 0) is 30.3 Å². The highest BCUT2D eigenvalue weighted by molar-refractivity contribution is 8.00. The Hall–Kier alpha value is -2.23. The van der Waals surface area contributed by atoms with Crippen LogP contribution in [-0.4, -0.2) is 43.6 Å². The lowest BCUT2D eigenvalue weighted by Gasteiger charge is -2.24. The van der Waals surface area contributed by atoms with E-state index >= 15 is 0 Å². The van der Waals surface area contributed by atoms with Crippen LogP contribution in [-0.2, 0) is 18.4 Å². The third-order valence-electron chi connectivity index (χ3n) is 4.81. The maximum atomic E-state index is 14.2. The van der Waals surface area contributed by atoms with Gasteiger partial charge in [-0.3, -0.25) is 4.79 Å². The van der Waals surface area contributed by atoms with Crippen molar-refractivity contribution < 1.29 is 13.9 Å². The summed E-state index contributed by atoms with van der Waals surface area (Å²) in [6.07, 6.45) is 0. The minimum Gasteiger partial charge on any atom is -0.486 e. The highest BCUT2D eigenvalue weighted by Gasteiger charge is 2.32. The zero-order valence-corrected chi connectivity index (χ0v) is 19.1. The standard InChI is InChI=1S/C21H20ClFN4O2S2/c1-26-18(12-29-15-8-6-14(22)7-9-15)24-25-21(26)31-13-19(28)27-10-11-30-20(27)16-4-2-3-5-17(16)23/h2-9,20H,10-13H2,1H3/t20-/m0/s1. The van der Waals surface area contributed by atoms with Crippen molar-refractivity contribution in [1.29, 1.82) is 0 Å². The first-order chi connectivity index (χ1) is 15.0. The highest BCUT2D eigenvalue weighted by atomic mass is 35.5. The first kappa shape index (κ1) is 22.0. The molecule has 1 aromatic heterocycles. The van der Waals surface area contributed by atoms with Gasteiger partial charge in [0.2, 0.25) is 5.91 Å². The molecule has 6 nitrogen and oxygen atoms in total. The number of nitrogens with zero attached hydrogens (tertiary/aromatic N) is 4. The predicted octanol–water partition coefficient (Wildman–Crippen LogP) is 4.55. The average molecular weight is 479 g/mol. The number of amides is 1. The highest BCUT2D eigenvalue weighted by Crippen LogP contribution is 2.39. The lowest BCUT2D eigenvalue weighted by molar-refractivity contribution is -0.128. The van der Waals surface area contributed by atoms with Gasteiger partial charge in [0.15, 0.2) is 11.0 Å². The van der Waals surface area contributed by atoms with Crippen molar-refractivity contribution in [2.75, 3.05) is 18.1 Å². The monoisotopic (exact) mass is 478 g/mol. The van der Waals surface area contributed by atoms with Crippen molar-refractivity contribution in [1.82, 2.24) is 19.7 Å². The molecule has 0 saturated carbocycles. The third-order valence-corrected chi connectivity index (χ3v) is 7.31. The second-order valence-corrected chi connectivity index (χ2v) is 9.39. The van der Waals surface area contributed by atoms with Crippen molar-refractivity contribution in [2.24, 2.45) is 7.05 Å². The van der Waals surface area contributed by atoms with Crippen LogP contribution in [0.25, 0.3) is 0 Å². The molecule has 1 saturated heterocycles. The van der Waals surface area contributed by atoms with E-state index in [1.54, 1.807) is 63.7 Å². The topological polar surface area (TPSA) is 60.2 Å². The van der Waals surface area contributed by atoms with E-state index in [1.807, 2.05) is 7.05 Å². The van der Waals surface area contributed by atoms with Gasteiger partial charge >= 0.3 is 0 Å². The van der Waals surface area contributed by atoms with Gasteiger partial charge < -0.3 is 14.2 Å². The van der Waals surface area contributed by atoms with Crippen molar-refractivity contribution in [3.05, 3.63) is 70.8 Å². The molecule has 0 spiro atoms. The first-order valence-electron chi connectivity index (χ1n) is 9.58. The molecule has 31 heavy (non-hydrogen) atoms. The minimum absolute atomic E-state index is 0.0507. The second-order valence-electron chi connectivity index (χ2n) is 6.82. The maximum Gasteiger partial charge on any atom is 0.234 e. The predicted molar refractivity (Wildman–Crippen MR) is 121 cm³/mol. The van der Waals surface area contributed by atoms with Crippen LogP contribution >= 0.6 is 35.1 Å². The Morgan fingerprint density at radius 2 is 2.03 bits per heavy atom. The lowest BCUT2D eigenvalue weighted by atomic mass is 10.2. The number of carbonyl (C=O) groups is 1. The summed E-state index contributed by atoms with van der Waals surface area (Å²) in [6.45, 7) is 0.847. The van der Waals surface area contributed by atoms with Gasteiger partial charge in [0, 0.05) is 29.9 Å². The van der Waals surface area contributed by atoms with Crippen molar-refractivity contribution >= 4 is 41.0 Å². The number of hydrogen-bond acceptors (Lipinski definition) is 6. The van der Waals surface area contributed by atoms with Crippen molar-refractivity contribution in [2.45, 2.75) is 17.1 Å². The van der Waals surface area contributed by atoms with E-state index in [-0.39, 0.29) is 29.5 Å². The number of halogens is 2. The van der Waals surface area contributed by atoms with Crippen LogP contribution < -0.4 is 4.74 Å². The summed E-state index contributed by atoms with van der Waals surface area (Å²) < 4.78 is 21.7. The number of benzene rings is 2. The van der Waals surface area contributed by atoms with Crippen LogP contribution in [0.5, 0.6) is 5.75 Å². The van der Waals surface area contributed by atoms with Gasteiger partial charge in [-0.15, -0.1) is 22.0 Å². The van der Waals surface area contributed by atoms with Crippen LogP contribution in [0.2, 0.25) is 5.02 Å². The number of carbonyl (C=O) groups excluding carboxylic acids is 1. The van der Waals surface area contributed by atoms with Crippen molar-refractivity contribution in [3.63, 3.8) is 0 Å². The fourth-order valence-electron chi connectivity index (χ4n) is 3.14. The van der Waals surface area contributed by atoms with E-state index in [9.17, 15) is 9.18 Å². The van der Waals surface area contributed by atoms with E-state index in [4.69, 9.17) is 16.3 Å². The Balaban J connectivity index is 1.35. The molecule has 1 aliphatic heterocycles. The first-order valence-corrected chi connectivity index (χ1v) is 12.0. The maximum absolute atomic E-state index is 14.2. The summed E-state index contributed by atoms with van der Waals surface area (Å²) in [5.41, 5.74) is 0.545.